The van der Waals surface area contributed by atoms with Crippen molar-refractivity contribution in [3.05, 3.63) is 27.8 Å². The van der Waals surface area contributed by atoms with Crippen molar-refractivity contribution in [1.29, 1.82) is 0 Å². The van der Waals surface area contributed by atoms with Gasteiger partial charge in [0.1, 0.15) is 6.10 Å². The smallest absolute Gasteiger partial charge is 0.257 e. The molecule has 2 aromatic rings. The number of nitrogens with zero attached hydrogens (tertiary/aromatic N) is 3. The van der Waals surface area contributed by atoms with Gasteiger partial charge < -0.3 is 15.0 Å². The molecule has 6 nitrogen and oxygen atoms in total. The molecule has 92 valence electrons. The van der Waals surface area contributed by atoms with E-state index in [1.807, 2.05) is 12.3 Å². The molecule has 0 aromatic carbocycles. The molecular weight excluding hydrogens is 240 g/mol. The molecule has 0 aliphatic rings. The minimum Gasteiger partial charge on any atom is -0.370 e. The number of hydrogen-bond acceptors (Lipinski definition) is 7. The molecule has 1 unspecified atom stereocenters. The predicted molar refractivity (Wildman–Crippen MR) is 62.8 cm³/mol. The first-order chi connectivity index (χ1) is 8.22. The van der Waals surface area contributed by atoms with Crippen LogP contribution in [0.3, 0.4) is 0 Å². The van der Waals surface area contributed by atoms with Gasteiger partial charge >= 0.3 is 0 Å². The highest BCUT2D eigenvalue weighted by Gasteiger charge is 2.17. The Morgan fingerprint density at radius 3 is 2.94 bits per heavy atom. The number of aromatic nitrogens is 3. The average molecular weight is 254 g/mol. The first-order valence-electron chi connectivity index (χ1n) is 5.19. The zero-order valence-electron chi connectivity index (χ0n) is 9.71. The van der Waals surface area contributed by atoms with E-state index in [9.17, 15) is 0 Å². The Hall–Kier alpha value is -1.31. The molecule has 2 aromatic heterocycles. The molecule has 0 saturated carbocycles. The molecule has 2 rings (SSSR count). The number of thiazole rings is 1. The lowest BCUT2D eigenvalue weighted by atomic mass is 10.3. The van der Waals surface area contributed by atoms with Gasteiger partial charge in [-0.2, -0.15) is 4.98 Å². The maximum absolute atomic E-state index is 5.52. The van der Waals surface area contributed by atoms with Crippen LogP contribution in [0.5, 0.6) is 0 Å². The second-order valence-electron chi connectivity index (χ2n) is 3.54. The van der Waals surface area contributed by atoms with Gasteiger partial charge in [0.05, 0.1) is 17.1 Å². The summed E-state index contributed by atoms with van der Waals surface area (Å²) in [5, 5.41) is 6.90. The lowest BCUT2D eigenvalue weighted by Crippen LogP contribution is -2.14. The van der Waals surface area contributed by atoms with Crippen LogP contribution in [-0.4, -0.2) is 28.8 Å². The van der Waals surface area contributed by atoms with Gasteiger partial charge in [-0.3, -0.25) is 0 Å². The lowest BCUT2D eigenvalue weighted by Gasteiger charge is -2.05. The summed E-state index contributed by atoms with van der Waals surface area (Å²) in [4.78, 5) is 8.58. The van der Waals surface area contributed by atoms with E-state index in [-0.39, 0.29) is 6.10 Å². The lowest BCUT2D eigenvalue weighted by molar-refractivity contribution is 0.0804. The van der Waals surface area contributed by atoms with Gasteiger partial charge in [0.15, 0.2) is 5.82 Å². The molecule has 1 atom stereocenters. The molecule has 0 radical (unpaired) electrons. The summed E-state index contributed by atoms with van der Waals surface area (Å²) in [6.45, 7) is 2.28. The van der Waals surface area contributed by atoms with Crippen LogP contribution >= 0.6 is 11.3 Å². The van der Waals surface area contributed by atoms with Crippen molar-refractivity contribution in [3.63, 3.8) is 0 Å². The van der Waals surface area contributed by atoms with Gasteiger partial charge in [-0.1, -0.05) is 5.16 Å². The maximum Gasteiger partial charge on any atom is 0.257 e. The van der Waals surface area contributed by atoms with E-state index in [4.69, 9.17) is 15.0 Å². The third-order valence-corrected chi connectivity index (χ3v) is 3.09. The molecule has 0 fully saturated rings. The van der Waals surface area contributed by atoms with E-state index in [1.54, 1.807) is 18.4 Å². The molecule has 0 spiro atoms. The number of methoxy groups -OCH3 is 1. The Morgan fingerprint density at radius 1 is 1.53 bits per heavy atom. The Kier molecular flexibility index (Phi) is 3.82. The van der Waals surface area contributed by atoms with E-state index < -0.39 is 0 Å². The van der Waals surface area contributed by atoms with E-state index in [1.165, 1.54) is 0 Å². The first kappa shape index (κ1) is 12.2. The largest absolute Gasteiger partial charge is 0.370 e. The fourth-order valence-corrected chi connectivity index (χ4v) is 2.03. The first-order valence-corrected chi connectivity index (χ1v) is 6.07. The third kappa shape index (κ3) is 2.87. The molecule has 0 bridgehead atoms. The fraction of sp³-hybridized carbons (Fsp3) is 0.500. The number of hydrogen-bond donors (Lipinski definition) is 1. The second kappa shape index (κ2) is 5.35. The minimum absolute atomic E-state index is 0.313. The average Bonchev–Trinajstić information content (AvgIpc) is 2.91. The monoisotopic (exact) mass is 254 g/mol. The molecule has 2 heterocycles. The van der Waals surface area contributed by atoms with Crippen LogP contribution in [0.15, 0.2) is 9.90 Å². The third-order valence-electron chi connectivity index (χ3n) is 2.26. The van der Waals surface area contributed by atoms with Crippen LogP contribution in [0, 0.1) is 6.92 Å². The van der Waals surface area contributed by atoms with Crippen LogP contribution in [0.25, 0.3) is 0 Å². The SMILES string of the molecule is COC(CN)c1nc(Cc2csc(C)n2)no1. The van der Waals surface area contributed by atoms with E-state index in [0.717, 1.165) is 10.7 Å². The van der Waals surface area contributed by atoms with Crippen molar-refractivity contribution in [3.8, 4) is 0 Å². The summed E-state index contributed by atoms with van der Waals surface area (Å²) in [6.07, 6.45) is 0.225. The number of rotatable bonds is 5. The number of ether oxygens (including phenoxy) is 1. The second-order valence-corrected chi connectivity index (χ2v) is 4.61. The number of aryl methyl sites for hydroxylation is 1. The van der Waals surface area contributed by atoms with Crippen LogP contribution in [-0.2, 0) is 11.2 Å². The van der Waals surface area contributed by atoms with Crippen LogP contribution in [0.1, 0.15) is 28.5 Å². The van der Waals surface area contributed by atoms with Gasteiger partial charge in [-0.15, -0.1) is 11.3 Å². The number of nitrogens with two attached hydrogens (primary N) is 1. The van der Waals surface area contributed by atoms with E-state index in [2.05, 4.69) is 15.1 Å². The molecule has 0 amide bonds. The van der Waals surface area contributed by atoms with Crippen molar-refractivity contribution in [2.75, 3.05) is 13.7 Å². The Morgan fingerprint density at radius 2 is 2.35 bits per heavy atom. The molecule has 0 aliphatic heterocycles. The summed E-state index contributed by atoms with van der Waals surface area (Å²) < 4.78 is 10.2. The predicted octanol–water partition coefficient (Wildman–Crippen LogP) is 1.07. The zero-order chi connectivity index (χ0) is 12.3. The van der Waals surface area contributed by atoms with E-state index >= 15 is 0 Å². The van der Waals surface area contributed by atoms with Crippen molar-refractivity contribution >= 4 is 11.3 Å². The molecule has 0 aliphatic carbocycles. The molecule has 17 heavy (non-hydrogen) atoms. The van der Waals surface area contributed by atoms with Gasteiger partial charge in [0.2, 0.25) is 0 Å². The maximum atomic E-state index is 5.52. The van der Waals surface area contributed by atoms with Gasteiger partial charge in [-0.05, 0) is 6.92 Å². The Bertz CT molecular complexity index is 478. The summed E-state index contributed by atoms with van der Waals surface area (Å²) in [7, 11) is 1.56. The molecule has 2 N–H and O–H groups in total. The van der Waals surface area contributed by atoms with Gasteiger partial charge in [0.25, 0.3) is 5.89 Å². The summed E-state index contributed by atoms with van der Waals surface area (Å²) in [5.74, 6) is 1.01. The van der Waals surface area contributed by atoms with Crippen molar-refractivity contribution < 1.29 is 9.26 Å². The van der Waals surface area contributed by atoms with Crippen molar-refractivity contribution in [2.45, 2.75) is 19.4 Å². The summed E-state index contributed by atoms with van der Waals surface area (Å²) >= 11 is 1.60. The molecule has 0 saturated heterocycles. The minimum atomic E-state index is -0.339. The Labute approximate surface area is 103 Å². The highest BCUT2D eigenvalue weighted by molar-refractivity contribution is 7.09. The van der Waals surface area contributed by atoms with E-state index in [0.29, 0.717) is 24.7 Å². The van der Waals surface area contributed by atoms with Gasteiger partial charge in [-0.25, -0.2) is 4.98 Å². The summed E-state index contributed by atoms with van der Waals surface area (Å²) in [5.41, 5.74) is 6.46. The topological polar surface area (TPSA) is 87.1 Å². The van der Waals surface area contributed by atoms with Crippen LogP contribution < -0.4 is 5.73 Å². The highest BCUT2D eigenvalue weighted by Crippen LogP contribution is 2.15. The van der Waals surface area contributed by atoms with Crippen LogP contribution in [0.4, 0.5) is 0 Å². The fourth-order valence-electron chi connectivity index (χ4n) is 1.42. The Balaban J connectivity index is 2.08. The molecular formula is C10H14N4O2S. The summed E-state index contributed by atoms with van der Waals surface area (Å²) in [6, 6.07) is 0. The zero-order valence-corrected chi connectivity index (χ0v) is 10.5. The van der Waals surface area contributed by atoms with Gasteiger partial charge in [0, 0.05) is 19.0 Å². The van der Waals surface area contributed by atoms with Crippen molar-refractivity contribution in [1.82, 2.24) is 15.1 Å². The quantitative estimate of drug-likeness (QED) is 0.858. The van der Waals surface area contributed by atoms with Crippen LogP contribution in [0.2, 0.25) is 0 Å². The normalized spacial score (nSPS) is 12.9. The standard InChI is InChI=1S/C10H14N4O2S/c1-6-12-7(5-17-6)3-9-13-10(16-14-9)8(4-11)15-2/h5,8H,3-4,11H2,1-2H3. The molecule has 7 heteroatoms. The van der Waals surface area contributed by atoms with Crippen molar-refractivity contribution in [2.24, 2.45) is 5.73 Å². The highest BCUT2D eigenvalue weighted by atomic mass is 32.1.